The summed E-state index contributed by atoms with van der Waals surface area (Å²) in [4.78, 5) is 19.7. The first-order chi connectivity index (χ1) is 13.1. The highest BCUT2D eigenvalue weighted by Gasteiger charge is 2.15. The fourth-order valence-electron chi connectivity index (χ4n) is 3.60. The Labute approximate surface area is 162 Å². The monoisotopic (exact) mass is 386 g/mol. The number of imidazole rings is 1. The van der Waals surface area contributed by atoms with Gasteiger partial charge in [0.15, 0.2) is 0 Å². The largest absolute Gasteiger partial charge is 0.381 e. The van der Waals surface area contributed by atoms with Crippen molar-refractivity contribution in [3.63, 3.8) is 0 Å². The summed E-state index contributed by atoms with van der Waals surface area (Å²) in [5.41, 5.74) is 3.52. The summed E-state index contributed by atoms with van der Waals surface area (Å²) >= 11 is 6.03. The van der Waals surface area contributed by atoms with E-state index in [1.807, 2.05) is 35.8 Å². The molecule has 0 unspecified atom stereocenters. The molecule has 7 heteroatoms. The van der Waals surface area contributed by atoms with Gasteiger partial charge in [0.1, 0.15) is 5.82 Å². The first-order valence-corrected chi connectivity index (χ1v) is 9.67. The van der Waals surface area contributed by atoms with Crippen LogP contribution < -0.4 is 11.0 Å². The summed E-state index contributed by atoms with van der Waals surface area (Å²) in [5, 5.41) is 4.02. The molecule has 27 heavy (non-hydrogen) atoms. The van der Waals surface area contributed by atoms with Crippen molar-refractivity contribution in [1.82, 2.24) is 14.5 Å². The van der Waals surface area contributed by atoms with E-state index >= 15 is 0 Å². The van der Waals surface area contributed by atoms with Crippen LogP contribution in [0.25, 0.3) is 11.0 Å². The molecule has 3 aromatic rings. The van der Waals surface area contributed by atoms with Crippen molar-refractivity contribution >= 4 is 34.1 Å². The zero-order valence-corrected chi connectivity index (χ0v) is 16.1. The Morgan fingerprint density at radius 2 is 2.15 bits per heavy atom. The Balaban J connectivity index is 1.58. The highest BCUT2D eigenvalue weighted by molar-refractivity contribution is 6.30. The lowest BCUT2D eigenvalue weighted by molar-refractivity contribution is 0.0626. The van der Waals surface area contributed by atoms with E-state index in [9.17, 15) is 4.79 Å². The lowest BCUT2D eigenvalue weighted by atomic mass is 9.97. The molecule has 3 heterocycles. The van der Waals surface area contributed by atoms with Gasteiger partial charge in [0.05, 0.1) is 17.2 Å². The molecule has 6 nitrogen and oxygen atoms in total. The number of aryl methyl sites for hydroxylation is 2. The molecule has 142 valence electrons. The molecule has 0 saturated carbocycles. The number of nitrogens with one attached hydrogen (secondary N) is 2. The SMILES string of the molecule is Cc1cc(Cl)ccc1Nc1cc2c(cn1)[nH]c(=O)n2CCC1CCOCC1. The Bertz CT molecular complexity index is 1000. The Hall–Kier alpha value is -2.31. The van der Waals surface area contributed by atoms with Gasteiger partial charge < -0.3 is 15.0 Å². The Morgan fingerprint density at radius 3 is 2.93 bits per heavy atom. The van der Waals surface area contributed by atoms with Crippen molar-refractivity contribution in [1.29, 1.82) is 0 Å². The highest BCUT2D eigenvalue weighted by Crippen LogP contribution is 2.25. The van der Waals surface area contributed by atoms with Crippen LogP contribution >= 0.6 is 11.6 Å². The number of rotatable bonds is 5. The number of H-pyrrole nitrogens is 1. The molecule has 1 saturated heterocycles. The Kier molecular flexibility index (Phi) is 5.18. The zero-order chi connectivity index (χ0) is 18.8. The van der Waals surface area contributed by atoms with Crippen LogP contribution in [0.2, 0.25) is 5.02 Å². The second-order valence-electron chi connectivity index (χ2n) is 7.10. The predicted octanol–water partition coefficient (Wildman–Crippen LogP) is 4.25. The number of fused-ring (bicyclic) bond motifs is 1. The minimum Gasteiger partial charge on any atom is -0.381 e. The molecular weight excluding hydrogens is 364 g/mol. The van der Waals surface area contributed by atoms with Gasteiger partial charge in [-0.1, -0.05) is 11.6 Å². The van der Waals surface area contributed by atoms with Gasteiger partial charge in [-0.25, -0.2) is 9.78 Å². The molecule has 0 spiro atoms. The maximum atomic E-state index is 12.4. The molecular formula is C20H23ClN4O2. The van der Waals surface area contributed by atoms with Crippen LogP contribution in [-0.2, 0) is 11.3 Å². The molecule has 2 N–H and O–H groups in total. The Morgan fingerprint density at radius 1 is 1.33 bits per heavy atom. The van der Waals surface area contributed by atoms with E-state index in [1.165, 1.54) is 0 Å². The van der Waals surface area contributed by atoms with Crippen LogP contribution in [0.4, 0.5) is 11.5 Å². The molecule has 0 amide bonds. The molecule has 0 bridgehead atoms. The van der Waals surface area contributed by atoms with Crippen molar-refractivity contribution < 1.29 is 4.74 Å². The maximum absolute atomic E-state index is 12.4. The number of halogens is 1. The average Bonchev–Trinajstić information content (AvgIpc) is 2.98. The number of nitrogens with zero attached hydrogens (tertiary/aromatic N) is 2. The molecule has 4 rings (SSSR count). The third-order valence-corrected chi connectivity index (χ3v) is 5.45. The molecule has 2 aromatic heterocycles. The van der Waals surface area contributed by atoms with E-state index < -0.39 is 0 Å². The average molecular weight is 387 g/mol. The minimum atomic E-state index is -0.0846. The summed E-state index contributed by atoms with van der Waals surface area (Å²) in [7, 11) is 0. The summed E-state index contributed by atoms with van der Waals surface area (Å²) in [6, 6.07) is 7.60. The van der Waals surface area contributed by atoms with Crippen LogP contribution in [0, 0.1) is 12.8 Å². The number of aromatic amines is 1. The van der Waals surface area contributed by atoms with Gasteiger partial charge in [0, 0.05) is 36.5 Å². The predicted molar refractivity (Wildman–Crippen MR) is 108 cm³/mol. The first-order valence-electron chi connectivity index (χ1n) is 9.29. The number of benzene rings is 1. The summed E-state index contributed by atoms with van der Waals surface area (Å²) in [6.07, 6.45) is 4.83. The normalized spacial score (nSPS) is 15.3. The third-order valence-electron chi connectivity index (χ3n) is 5.21. The van der Waals surface area contributed by atoms with E-state index in [0.29, 0.717) is 23.3 Å². The van der Waals surface area contributed by atoms with Gasteiger partial charge in [-0.15, -0.1) is 0 Å². The minimum absolute atomic E-state index is 0.0846. The second-order valence-corrected chi connectivity index (χ2v) is 7.53. The molecule has 0 atom stereocenters. The molecule has 0 aliphatic carbocycles. The lowest BCUT2D eigenvalue weighted by Crippen LogP contribution is -2.21. The van der Waals surface area contributed by atoms with Gasteiger partial charge in [-0.3, -0.25) is 4.57 Å². The molecule has 1 aromatic carbocycles. The number of ether oxygens (including phenoxy) is 1. The molecule has 1 aliphatic heterocycles. The number of aromatic nitrogens is 3. The molecule has 1 aliphatic rings. The van der Waals surface area contributed by atoms with Gasteiger partial charge in [-0.05, 0) is 55.9 Å². The second kappa shape index (κ2) is 7.74. The van der Waals surface area contributed by atoms with Crippen LogP contribution in [0.5, 0.6) is 0 Å². The van der Waals surface area contributed by atoms with Crippen LogP contribution in [0.1, 0.15) is 24.8 Å². The quantitative estimate of drug-likeness (QED) is 0.687. The standard InChI is InChI=1S/C20H23ClN4O2/c1-13-10-15(21)2-3-16(13)23-19-11-18-17(12-22-19)24-20(26)25(18)7-4-14-5-8-27-9-6-14/h2-3,10-12,14H,4-9H2,1H3,(H,22,23)(H,24,26). The van der Waals surface area contributed by atoms with Crippen molar-refractivity contribution in [3.8, 4) is 0 Å². The number of anilines is 2. The molecule has 0 radical (unpaired) electrons. The van der Waals surface area contributed by atoms with E-state index in [1.54, 1.807) is 6.20 Å². The summed E-state index contributed by atoms with van der Waals surface area (Å²) in [6.45, 7) is 4.34. The fraction of sp³-hybridized carbons (Fsp3) is 0.400. The van der Waals surface area contributed by atoms with Crippen LogP contribution in [0.15, 0.2) is 35.3 Å². The topological polar surface area (TPSA) is 71.9 Å². The number of hydrogen-bond donors (Lipinski definition) is 2. The van der Waals surface area contributed by atoms with Crippen LogP contribution in [0.3, 0.4) is 0 Å². The number of pyridine rings is 1. The fourth-order valence-corrected chi connectivity index (χ4v) is 3.83. The maximum Gasteiger partial charge on any atom is 0.326 e. The van der Waals surface area contributed by atoms with Crippen molar-refractivity contribution in [2.75, 3.05) is 18.5 Å². The van der Waals surface area contributed by atoms with E-state index in [2.05, 4.69) is 15.3 Å². The van der Waals surface area contributed by atoms with Gasteiger partial charge >= 0.3 is 5.69 Å². The highest BCUT2D eigenvalue weighted by atomic mass is 35.5. The van der Waals surface area contributed by atoms with Gasteiger partial charge in [0.25, 0.3) is 0 Å². The van der Waals surface area contributed by atoms with E-state index in [-0.39, 0.29) is 5.69 Å². The number of hydrogen-bond acceptors (Lipinski definition) is 4. The smallest absolute Gasteiger partial charge is 0.326 e. The van der Waals surface area contributed by atoms with Crippen molar-refractivity contribution in [3.05, 3.63) is 51.5 Å². The van der Waals surface area contributed by atoms with E-state index in [0.717, 1.165) is 54.8 Å². The molecule has 1 fully saturated rings. The van der Waals surface area contributed by atoms with Crippen molar-refractivity contribution in [2.45, 2.75) is 32.7 Å². The lowest BCUT2D eigenvalue weighted by Gasteiger charge is -2.21. The van der Waals surface area contributed by atoms with E-state index in [4.69, 9.17) is 16.3 Å². The van der Waals surface area contributed by atoms with Crippen molar-refractivity contribution in [2.24, 2.45) is 5.92 Å². The summed E-state index contributed by atoms with van der Waals surface area (Å²) in [5.74, 6) is 1.32. The summed E-state index contributed by atoms with van der Waals surface area (Å²) < 4.78 is 7.23. The van der Waals surface area contributed by atoms with Crippen LogP contribution in [-0.4, -0.2) is 27.7 Å². The van der Waals surface area contributed by atoms with Gasteiger partial charge in [0.2, 0.25) is 0 Å². The first kappa shape index (κ1) is 18.1. The zero-order valence-electron chi connectivity index (χ0n) is 15.3. The van der Waals surface area contributed by atoms with Gasteiger partial charge in [-0.2, -0.15) is 0 Å². The third kappa shape index (κ3) is 4.01.